The fourth-order valence-electron chi connectivity index (χ4n) is 2.09. The lowest BCUT2D eigenvalue weighted by atomic mass is 9.97. The van der Waals surface area contributed by atoms with Crippen molar-refractivity contribution in [2.45, 2.75) is 30.6 Å². The number of anilines is 1. The van der Waals surface area contributed by atoms with Gasteiger partial charge in [-0.3, -0.25) is 0 Å². The Morgan fingerprint density at radius 2 is 1.81 bits per heavy atom. The van der Waals surface area contributed by atoms with Gasteiger partial charge in [-0.1, -0.05) is 18.2 Å². The van der Waals surface area contributed by atoms with E-state index in [4.69, 9.17) is 22.1 Å². The van der Waals surface area contributed by atoms with Crippen LogP contribution in [0.1, 0.15) is 0 Å². The Hall–Kier alpha value is -1.29. The number of ether oxygens (including phenoxy) is 1. The van der Waals surface area contributed by atoms with Crippen LogP contribution in [0.15, 0.2) is 30.3 Å². The molecule has 1 heterocycles. The second-order valence-corrected chi connectivity index (χ2v) is 5.13. The fourth-order valence-corrected chi connectivity index (χ4v) is 2.35. The average molecular weight is 314 g/mol. The summed E-state index contributed by atoms with van der Waals surface area (Å²) in [5.74, 6) is 0. The van der Waals surface area contributed by atoms with Crippen LogP contribution in [0.25, 0.3) is 0 Å². The maximum atomic E-state index is 9.97. The van der Waals surface area contributed by atoms with Crippen LogP contribution >= 0.6 is 12.2 Å². The van der Waals surface area contributed by atoms with Crippen molar-refractivity contribution < 1.29 is 25.2 Å². The monoisotopic (exact) mass is 314 g/mol. The van der Waals surface area contributed by atoms with Gasteiger partial charge >= 0.3 is 0 Å². The van der Waals surface area contributed by atoms with Gasteiger partial charge in [0, 0.05) is 5.69 Å². The predicted molar refractivity (Wildman–Crippen MR) is 79.6 cm³/mol. The minimum absolute atomic E-state index is 0.169. The molecule has 8 heteroatoms. The molecule has 7 nitrogen and oxygen atoms in total. The minimum Gasteiger partial charge on any atom is -0.394 e. The van der Waals surface area contributed by atoms with Crippen molar-refractivity contribution in [3.63, 3.8) is 0 Å². The van der Waals surface area contributed by atoms with Crippen LogP contribution in [0.2, 0.25) is 0 Å². The summed E-state index contributed by atoms with van der Waals surface area (Å²) in [6.07, 6.45) is -5.10. The smallest absolute Gasteiger partial charge is 0.178 e. The van der Waals surface area contributed by atoms with E-state index in [1.54, 1.807) is 12.1 Å². The van der Waals surface area contributed by atoms with Gasteiger partial charge in [0.05, 0.1) is 6.61 Å². The number of para-hydroxylation sites is 1. The summed E-state index contributed by atoms with van der Waals surface area (Å²) in [5, 5.41) is 44.3. The first-order valence-electron chi connectivity index (χ1n) is 6.46. The van der Waals surface area contributed by atoms with E-state index in [1.165, 1.54) is 0 Å². The number of nitrogens with one attached hydrogen (secondary N) is 2. The van der Waals surface area contributed by atoms with Gasteiger partial charge in [-0.15, -0.1) is 0 Å². The van der Waals surface area contributed by atoms with E-state index in [2.05, 4.69) is 10.6 Å². The molecule has 0 amide bonds. The number of hydrogen-bond acceptors (Lipinski definition) is 6. The van der Waals surface area contributed by atoms with E-state index < -0.39 is 37.3 Å². The van der Waals surface area contributed by atoms with E-state index in [0.717, 1.165) is 5.69 Å². The van der Waals surface area contributed by atoms with Crippen molar-refractivity contribution in [3.05, 3.63) is 30.3 Å². The number of rotatable bonds is 3. The molecule has 1 aliphatic rings. The van der Waals surface area contributed by atoms with Gasteiger partial charge < -0.3 is 35.8 Å². The highest BCUT2D eigenvalue weighted by atomic mass is 32.1. The summed E-state index contributed by atoms with van der Waals surface area (Å²) in [7, 11) is 0. The number of thiocarbonyl (C=S) groups is 1. The highest BCUT2D eigenvalue weighted by Crippen LogP contribution is 2.19. The van der Waals surface area contributed by atoms with Crippen LogP contribution in [0.4, 0.5) is 5.69 Å². The van der Waals surface area contributed by atoms with Crippen LogP contribution in [-0.2, 0) is 4.74 Å². The van der Waals surface area contributed by atoms with Crippen LogP contribution in [0.5, 0.6) is 0 Å². The molecule has 0 bridgehead atoms. The second-order valence-electron chi connectivity index (χ2n) is 4.72. The summed E-state index contributed by atoms with van der Waals surface area (Å²) in [4.78, 5) is 0. The number of benzene rings is 1. The third kappa shape index (κ3) is 3.88. The molecule has 1 saturated heterocycles. The molecular formula is C13H18N2O5S. The van der Waals surface area contributed by atoms with Gasteiger partial charge in [0.1, 0.15) is 24.4 Å². The third-order valence-electron chi connectivity index (χ3n) is 3.23. The molecule has 1 aliphatic heterocycles. The largest absolute Gasteiger partial charge is 0.394 e. The molecule has 0 aromatic heterocycles. The molecule has 1 aromatic carbocycles. The Labute approximate surface area is 127 Å². The first-order valence-corrected chi connectivity index (χ1v) is 6.87. The maximum absolute atomic E-state index is 9.97. The molecule has 0 saturated carbocycles. The van der Waals surface area contributed by atoms with Gasteiger partial charge in [0.15, 0.2) is 11.4 Å². The normalized spacial score (nSPS) is 32.5. The topological polar surface area (TPSA) is 114 Å². The first kappa shape index (κ1) is 16.1. The van der Waals surface area contributed by atoms with Crippen LogP contribution in [0, 0.1) is 0 Å². The molecule has 0 radical (unpaired) electrons. The van der Waals surface area contributed by atoms with Crippen LogP contribution in [-0.4, -0.2) is 62.8 Å². The SMILES string of the molecule is OC[C@@H]1O[C@H](O)[C@@H](NC(=S)Nc2ccccc2)[C@H](O)[C@@H]1O. The summed E-state index contributed by atoms with van der Waals surface area (Å²) >= 11 is 5.09. The van der Waals surface area contributed by atoms with Crippen LogP contribution in [0.3, 0.4) is 0 Å². The van der Waals surface area contributed by atoms with E-state index >= 15 is 0 Å². The summed E-state index contributed by atoms with van der Waals surface area (Å²) < 4.78 is 5.03. The highest BCUT2D eigenvalue weighted by molar-refractivity contribution is 7.80. The number of hydrogen-bond donors (Lipinski definition) is 6. The standard InChI is InChI=1S/C13H18N2O5S/c16-6-8-10(17)11(18)9(12(19)20-8)15-13(21)14-7-4-2-1-3-5-7/h1-5,8-12,16-19H,6H2,(H2,14,15,21)/t8-,9-,10+,11-,12-/m0/s1. The lowest BCUT2D eigenvalue weighted by Crippen LogP contribution is -2.64. The molecule has 6 N–H and O–H groups in total. The third-order valence-corrected chi connectivity index (χ3v) is 3.45. The minimum atomic E-state index is -1.41. The molecule has 0 unspecified atom stereocenters. The molecule has 0 aliphatic carbocycles. The quantitative estimate of drug-likeness (QED) is 0.385. The van der Waals surface area contributed by atoms with Crippen molar-refractivity contribution in [2.24, 2.45) is 0 Å². The summed E-state index contributed by atoms with van der Waals surface area (Å²) in [6, 6.07) is 8.10. The van der Waals surface area contributed by atoms with Gasteiger partial charge in [0.2, 0.25) is 0 Å². The Kier molecular flexibility index (Phi) is 5.45. The zero-order valence-corrected chi connectivity index (χ0v) is 11.9. The van der Waals surface area contributed by atoms with Crippen molar-refractivity contribution in [3.8, 4) is 0 Å². The summed E-state index contributed by atoms with van der Waals surface area (Å²) in [5.41, 5.74) is 0.740. The Morgan fingerprint density at radius 1 is 1.14 bits per heavy atom. The average Bonchev–Trinajstić information content (AvgIpc) is 2.48. The van der Waals surface area contributed by atoms with Crippen molar-refractivity contribution in [2.75, 3.05) is 11.9 Å². The highest BCUT2D eigenvalue weighted by Gasteiger charge is 2.43. The van der Waals surface area contributed by atoms with E-state index in [1.807, 2.05) is 18.2 Å². The van der Waals surface area contributed by atoms with Gasteiger partial charge in [-0.2, -0.15) is 0 Å². The lowest BCUT2D eigenvalue weighted by Gasteiger charge is -2.40. The maximum Gasteiger partial charge on any atom is 0.178 e. The molecule has 0 spiro atoms. The zero-order chi connectivity index (χ0) is 15.4. The molecule has 1 aromatic rings. The lowest BCUT2D eigenvalue weighted by molar-refractivity contribution is -0.251. The predicted octanol–water partition coefficient (Wildman–Crippen LogP) is -1.23. The van der Waals surface area contributed by atoms with Gasteiger partial charge in [0.25, 0.3) is 0 Å². The van der Waals surface area contributed by atoms with Crippen molar-refractivity contribution >= 4 is 23.0 Å². The molecule has 116 valence electrons. The first-order chi connectivity index (χ1) is 10.0. The van der Waals surface area contributed by atoms with E-state index in [-0.39, 0.29) is 5.11 Å². The number of aliphatic hydroxyl groups excluding tert-OH is 4. The molecule has 21 heavy (non-hydrogen) atoms. The van der Waals surface area contributed by atoms with Gasteiger partial charge in [-0.25, -0.2) is 0 Å². The van der Waals surface area contributed by atoms with Crippen molar-refractivity contribution in [1.82, 2.24) is 5.32 Å². The fraction of sp³-hybridized carbons (Fsp3) is 0.462. The molecular weight excluding hydrogens is 296 g/mol. The Bertz CT molecular complexity index is 475. The van der Waals surface area contributed by atoms with Crippen LogP contribution < -0.4 is 10.6 Å². The second kappa shape index (κ2) is 7.12. The van der Waals surface area contributed by atoms with Gasteiger partial charge in [-0.05, 0) is 24.4 Å². The Balaban J connectivity index is 1.96. The Morgan fingerprint density at radius 3 is 2.43 bits per heavy atom. The summed E-state index contributed by atoms with van der Waals surface area (Å²) in [6.45, 7) is -0.505. The molecule has 5 atom stereocenters. The van der Waals surface area contributed by atoms with E-state index in [0.29, 0.717) is 0 Å². The zero-order valence-electron chi connectivity index (χ0n) is 11.1. The molecule has 2 rings (SSSR count). The molecule has 1 fully saturated rings. The van der Waals surface area contributed by atoms with E-state index in [9.17, 15) is 15.3 Å². The van der Waals surface area contributed by atoms with Crippen molar-refractivity contribution in [1.29, 1.82) is 0 Å². The number of aliphatic hydroxyl groups is 4.